The van der Waals surface area contributed by atoms with Gasteiger partial charge in [-0.25, -0.2) is 4.98 Å². The quantitative estimate of drug-likeness (QED) is 0.870. The average Bonchev–Trinajstić information content (AvgIpc) is 2.67. The summed E-state index contributed by atoms with van der Waals surface area (Å²) in [4.78, 5) is 4.29. The third-order valence-electron chi connectivity index (χ3n) is 2.37. The SMILES string of the molecule is CC(C)(N)c1cn(-c2ccc(Cl)cc2)cn1. The molecule has 0 aliphatic carbocycles. The van der Waals surface area contributed by atoms with E-state index in [9.17, 15) is 0 Å². The summed E-state index contributed by atoms with van der Waals surface area (Å²) in [6.45, 7) is 3.86. The van der Waals surface area contributed by atoms with Crippen LogP contribution in [0.25, 0.3) is 5.69 Å². The fraction of sp³-hybridized carbons (Fsp3) is 0.250. The van der Waals surface area contributed by atoms with Crippen molar-refractivity contribution in [3.8, 4) is 5.69 Å². The Kier molecular flexibility index (Phi) is 2.74. The first-order chi connectivity index (χ1) is 7.47. The lowest BCUT2D eigenvalue weighted by molar-refractivity contribution is 0.538. The van der Waals surface area contributed by atoms with E-state index in [0.29, 0.717) is 0 Å². The minimum atomic E-state index is -0.419. The molecule has 3 nitrogen and oxygen atoms in total. The molecule has 0 aliphatic heterocycles. The van der Waals surface area contributed by atoms with Crippen molar-refractivity contribution < 1.29 is 0 Å². The minimum absolute atomic E-state index is 0.419. The summed E-state index contributed by atoms with van der Waals surface area (Å²) >= 11 is 5.83. The van der Waals surface area contributed by atoms with Crippen LogP contribution in [0, 0.1) is 0 Å². The summed E-state index contributed by atoms with van der Waals surface area (Å²) in [6.07, 6.45) is 3.69. The molecule has 16 heavy (non-hydrogen) atoms. The second-order valence-corrected chi connectivity index (χ2v) is 4.80. The fourth-order valence-corrected chi connectivity index (χ4v) is 1.54. The van der Waals surface area contributed by atoms with E-state index in [4.69, 9.17) is 17.3 Å². The van der Waals surface area contributed by atoms with Crippen molar-refractivity contribution in [2.24, 2.45) is 5.73 Å². The molecular weight excluding hydrogens is 222 g/mol. The molecule has 0 bridgehead atoms. The number of aromatic nitrogens is 2. The van der Waals surface area contributed by atoms with Crippen LogP contribution in [0.5, 0.6) is 0 Å². The molecule has 84 valence electrons. The van der Waals surface area contributed by atoms with E-state index in [1.54, 1.807) is 6.33 Å². The van der Waals surface area contributed by atoms with Crippen molar-refractivity contribution >= 4 is 11.6 Å². The monoisotopic (exact) mass is 235 g/mol. The minimum Gasteiger partial charge on any atom is -0.321 e. The lowest BCUT2D eigenvalue weighted by Crippen LogP contribution is -2.28. The standard InChI is InChI=1S/C12H14ClN3/c1-12(2,14)11-7-16(8-15-11)10-5-3-9(13)4-6-10/h3-8H,14H2,1-2H3. The van der Waals surface area contributed by atoms with Crippen LogP contribution >= 0.6 is 11.6 Å². The second-order valence-electron chi connectivity index (χ2n) is 4.36. The summed E-state index contributed by atoms with van der Waals surface area (Å²) in [5, 5.41) is 0.725. The second kappa shape index (κ2) is 3.92. The first kappa shape index (κ1) is 11.2. The highest BCUT2D eigenvalue weighted by molar-refractivity contribution is 6.30. The molecule has 0 saturated heterocycles. The molecule has 1 aromatic heterocycles. The number of nitrogens with two attached hydrogens (primary N) is 1. The van der Waals surface area contributed by atoms with Crippen LogP contribution in [-0.2, 0) is 5.54 Å². The van der Waals surface area contributed by atoms with E-state index in [2.05, 4.69) is 4.98 Å². The highest BCUT2D eigenvalue weighted by Gasteiger charge is 2.17. The summed E-state index contributed by atoms with van der Waals surface area (Å²) in [7, 11) is 0. The van der Waals surface area contributed by atoms with Crippen LogP contribution in [0.2, 0.25) is 5.02 Å². The Morgan fingerprint density at radius 3 is 2.38 bits per heavy atom. The molecule has 1 heterocycles. The van der Waals surface area contributed by atoms with Gasteiger partial charge in [-0.3, -0.25) is 0 Å². The van der Waals surface area contributed by atoms with Crippen LogP contribution in [0.3, 0.4) is 0 Å². The van der Waals surface area contributed by atoms with E-state index in [1.807, 2.05) is 48.9 Å². The highest BCUT2D eigenvalue weighted by atomic mass is 35.5. The number of rotatable bonds is 2. The summed E-state index contributed by atoms with van der Waals surface area (Å²) < 4.78 is 1.93. The molecule has 2 aromatic rings. The molecule has 0 amide bonds. The molecule has 4 heteroatoms. The molecule has 2 rings (SSSR count). The topological polar surface area (TPSA) is 43.8 Å². The van der Waals surface area contributed by atoms with Crippen molar-refractivity contribution in [2.45, 2.75) is 19.4 Å². The van der Waals surface area contributed by atoms with Crippen LogP contribution in [0.4, 0.5) is 0 Å². The van der Waals surface area contributed by atoms with Crippen LogP contribution in [0.1, 0.15) is 19.5 Å². The molecule has 0 radical (unpaired) electrons. The van der Waals surface area contributed by atoms with E-state index < -0.39 is 5.54 Å². The van der Waals surface area contributed by atoms with Gasteiger partial charge in [0, 0.05) is 16.9 Å². The molecule has 0 unspecified atom stereocenters. The van der Waals surface area contributed by atoms with Gasteiger partial charge in [0.2, 0.25) is 0 Å². The van der Waals surface area contributed by atoms with Gasteiger partial charge in [0.1, 0.15) is 0 Å². The number of nitrogens with zero attached hydrogens (tertiary/aromatic N) is 2. The molecule has 0 saturated carbocycles. The summed E-state index contributed by atoms with van der Waals surface area (Å²) in [5.74, 6) is 0. The maximum Gasteiger partial charge on any atom is 0.0996 e. The van der Waals surface area contributed by atoms with Gasteiger partial charge in [-0.2, -0.15) is 0 Å². The average molecular weight is 236 g/mol. The summed E-state index contributed by atoms with van der Waals surface area (Å²) in [6, 6.07) is 7.59. The van der Waals surface area contributed by atoms with Gasteiger partial charge in [0.15, 0.2) is 0 Å². The smallest absolute Gasteiger partial charge is 0.0996 e. The number of imidazole rings is 1. The predicted octanol–water partition coefficient (Wildman–Crippen LogP) is 2.72. The maximum atomic E-state index is 5.98. The zero-order chi connectivity index (χ0) is 11.8. The van der Waals surface area contributed by atoms with Crippen LogP contribution in [0.15, 0.2) is 36.8 Å². The molecule has 0 aliphatic rings. The third kappa shape index (κ3) is 2.26. The molecule has 1 aromatic carbocycles. The molecular formula is C12H14ClN3. The lowest BCUT2D eigenvalue weighted by atomic mass is 10.0. The van der Waals surface area contributed by atoms with Crippen LogP contribution < -0.4 is 5.73 Å². The van der Waals surface area contributed by atoms with Gasteiger partial charge in [0.25, 0.3) is 0 Å². The van der Waals surface area contributed by atoms with Crippen molar-refractivity contribution in [1.82, 2.24) is 9.55 Å². The zero-order valence-electron chi connectivity index (χ0n) is 9.31. The first-order valence-corrected chi connectivity index (χ1v) is 5.44. The van der Waals surface area contributed by atoms with Gasteiger partial charge in [-0.15, -0.1) is 0 Å². The Bertz CT molecular complexity index is 480. The van der Waals surface area contributed by atoms with Crippen LogP contribution in [-0.4, -0.2) is 9.55 Å². The fourth-order valence-electron chi connectivity index (χ4n) is 1.41. The highest BCUT2D eigenvalue weighted by Crippen LogP contribution is 2.18. The van der Waals surface area contributed by atoms with E-state index in [0.717, 1.165) is 16.4 Å². The Hall–Kier alpha value is -1.32. The molecule has 0 spiro atoms. The number of hydrogen-bond donors (Lipinski definition) is 1. The Balaban J connectivity index is 2.35. The first-order valence-electron chi connectivity index (χ1n) is 5.06. The van der Waals surface area contributed by atoms with Crippen molar-refractivity contribution in [3.63, 3.8) is 0 Å². The van der Waals surface area contributed by atoms with E-state index in [-0.39, 0.29) is 0 Å². The van der Waals surface area contributed by atoms with Crippen molar-refractivity contribution in [1.29, 1.82) is 0 Å². The summed E-state index contributed by atoms with van der Waals surface area (Å²) in [5.41, 5.74) is 7.44. The Labute approximate surface area is 99.9 Å². The Morgan fingerprint density at radius 2 is 1.88 bits per heavy atom. The van der Waals surface area contributed by atoms with Gasteiger partial charge in [-0.05, 0) is 38.1 Å². The van der Waals surface area contributed by atoms with Gasteiger partial charge in [0.05, 0.1) is 17.6 Å². The van der Waals surface area contributed by atoms with E-state index in [1.165, 1.54) is 0 Å². The van der Waals surface area contributed by atoms with Crippen molar-refractivity contribution in [2.75, 3.05) is 0 Å². The number of halogens is 1. The normalized spacial score (nSPS) is 11.8. The zero-order valence-corrected chi connectivity index (χ0v) is 10.1. The predicted molar refractivity (Wildman–Crippen MR) is 65.8 cm³/mol. The van der Waals surface area contributed by atoms with Gasteiger partial charge < -0.3 is 10.3 Å². The Morgan fingerprint density at radius 1 is 1.25 bits per heavy atom. The number of hydrogen-bond acceptors (Lipinski definition) is 2. The van der Waals surface area contributed by atoms with Crippen molar-refractivity contribution in [3.05, 3.63) is 47.5 Å². The van der Waals surface area contributed by atoms with E-state index >= 15 is 0 Å². The maximum absolute atomic E-state index is 5.98. The largest absolute Gasteiger partial charge is 0.321 e. The number of benzene rings is 1. The molecule has 0 fully saturated rings. The van der Waals surface area contributed by atoms with Gasteiger partial charge in [-0.1, -0.05) is 11.6 Å². The molecule has 2 N–H and O–H groups in total. The van der Waals surface area contributed by atoms with Gasteiger partial charge >= 0.3 is 0 Å². The lowest BCUT2D eigenvalue weighted by Gasteiger charge is -2.14. The molecule has 0 atom stereocenters. The third-order valence-corrected chi connectivity index (χ3v) is 2.62.